The first-order valence-corrected chi connectivity index (χ1v) is 5.02. The highest BCUT2D eigenvalue weighted by atomic mass is 15.1. The summed E-state index contributed by atoms with van der Waals surface area (Å²) >= 11 is 0. The topological polar surface area (TPSA) is 54.5 Å². The minimum atomic E-state index is 0.617. The van der Waals surface area contributed by atoms with Crippen LogP contribution in [-0.2, 0) is 0 Å². The number of aromatic amines is 1. The summed E-state index contributed by atoms with van der Waals surface area (Å²) in [6, 6.07) is 0. The largest absolute Gasteiger partial charge is 0.325 e. The molecule has 3 rings (SSSR count). The van der Waals surface area contributed by atoms with Crippen LogP contribution in [0.5, 0.6) is 0 Å². The van der Waals surface area contributed by atoms with Gasteiger partial charge in [-0.05, 0) is 19.8 Å². The molecule has 0 bridgehead atoms. The van der Waals surface area contributed by atoms with Crippen LogP contribution in [0.3, 0.4) is 0 Å². The Bertz CT molecular complexity index is 470. The maximum absolute atomic E-state index is 4.45. The maximum Gasteiger partial charge on any atom is 0.197 e. The normalized spacial score (nSPS) is 17.2. The Balaban J connectivity index is 2.10. The van der Waals surface area contributed by atoms with Gasteiger partial charge in [-0.1, -0.05) is 6.42 Å². The molecule has 0 aromatic carbocycles. The van der Waals surface area contributed by atoms with E-state index in [0.29, 0.717) is 5.92 Å². The molecule has 2 heterocycles. The van der Waals surface area contributed by atoms with Gasteiger partial charge in [0.05, 0.1) is 11.9 Å². The van der Waals surface area contributed by atoms with Gasteiger partial charge in [-0.2, -0.15) is 0 Å². The van der Waals surface area contributed by atoms with E-state index in [9.17, 15) is 0 Å². The molecule has 0 atom stereocenters. The van der Waals surface area contributed by atoms with Gasteiger partial charge < -0.3 is 4.98 Å². The van der Waals surface area contributed by atoms with E-state index in [1.165, 1.54) is 19.3 Å². The molecule has 4 heteroatoms. The first-order valence-electron chi connectivity index (χ1n) is 5.02. The van der Waals surface area contributed by atoms with Crippen molar-refractivity contribution in [1.82, 2.24) is 19.9 Å². The van der Waals surface area contributed by atoms with Crippen LogP contribution < -0.4 is 0 Å². The lowest BCUT2D eigenvalue weighted by Gasteiger charge is -2.22. The van der Waals surface area contributed by atoms with Gasteiger partial charge >= 0.3 is 0 Å². The van der Waals surface area contributed by atoms with Crippen molar-refractivity contribution in [2.45, 2.75) is 32.1 Å². The molecule has 1 aliphatic rings. The Morgan fingerprint density at radius 2 is 2.21 bits per heavy atom. The van der Waals surface area contributed by atoms with Gasteiger partial charge in [0.1, 0.15) is 5.82 Å². The predicted octanol–water partition coefficient (Wildman–Crippen LogP) is 1.93. The van der Waals surface area contributed by atoms with E-state index in [-0.39, 0.29) is 0 Å². The van der Waals surface area contributed by atoms with Gasteiger partial charge in [0.15, 0.2) is 11.3 Å². The lowest BCUT2D eigenvalue weighted by Crippen LogP contribution is -2.10. The van der Waals surface area contributed by atoms with Crippen molar-refractivity contribution in [2.24, 2.45) is 0 Å². The molecule has 0 amide bonds. The molecule has 1 saturated carbocycles. The molecule has 72 valence electrons. The van der Waals surface area contributed by atoms with Crippen LogP contribution in [0.25, 0.3) is 11.3 Å². The standard InChI is InChI=1S/C10H12N4/c1-6-5-11-9-10(12-6)14-8(13-9)7-3-2-4-7/h5,7H,2-4H2,1H3,(H,11,12,13,14). The SMILES string of the molecule is Cc1cnc2nc(C3CCC3)[nH]c2n1. The fourth-order valence-corrected chi connectivity index (χ4v) is 1.77. The predicted molar refractivity (Wildman–Crippen MR) is 53.0 cm³/mol. The molecule has 4 nitrogen and oxygen atoms in total. The number of aromatic nitrogens is 4. The number of hydrogen-bond acceptors (Lipinski definition) is 3. The van der Waals surface area contributed by atoms with Crippen molar-refractivity contribution in [3.63, 3.8) is 0 Å². The van der Waals surface area contributed by atoms with Crippen LogP contribution in [0.4, 0.5) is 0 Å². The van der Waals surface area contributed by atoms with Crippen LogP contribution in [0.15, 0.2) is 6.20 Å². The second-order valence-corrected chi connectivity index (χ2v) is 3.93. The lowest BCUT2D eigenvalue weighted by atomic mass is 9.85. The van der Waals surface area contributed by atoms with Gasteiger partial charge in [-0.15, -0.1) is 0 Å². The molecule has 0 saturated heterocycles. The number of H-pyrrole nitrogens is 1. The average Bonchev–Trinajstić information content (AvgIpc) is 2.43. The van der Waals surface area contributed by atoms with Gasteiger partial charge in [0.25, 0.3) is 0 Å². The molecule has 14 heavy (non-hydrogen) atoms. The third-order valence-electron chi connectivity index (χ3n) is 2.84. The molecule has 1 fully saturated rings. The molecule has 2 aromatic heterocycles. The third-order valence-corrected chi connectivity index (χ3v) is 2.84. The molecular weight excluding hydrogens is 176 g/mol. The van der Waals surface area contributed by atoms with Crippen molar-refractivity contribution < 1.29 is 0 Å². The highest BCUT2D eigenvalue weighted by Gasteiger charge is 2.23. The average molecular weight is 188 g/mol. The first-order chi connectivity index (χ1) is 6.83. The lowest BCUT2D eigenvalue weighted by molar-refractivity contribution is 0.404. The molecule has 0 radical (unpaired) electrons. The Kier molecular flexibility index (Phi) is 1.56. The molecule has 0 aliphatic heterocycles. The van der Waals surface area contributed by atoms with Crippen LogP contribution >= 0.6 is 0 Å². The molecular formula is C10H12N4. The fraction of sp³-hybridized carbons (Fsp3) is 0.500. The van der Waals surface area contributed by atoms with E-state index in [4.69, 9.17) is 0 Å². The number of imidazole rings is 1. The molecule has 2 aromatic rings. The number of nitrogens with one attached hydrogen (secondary N) is 1. The van der Waals surface area contributed by atoms with E-state index in [1.54, 1.807) is 6.20 Å². The summed E-state index contributed by atoms with van der Waals surface area (Å²) in [5.41, 5.74) is 2.51. The molecule has 0 unspecified atom stereocenters. The Morgan fingerprint density at radius 3 is 2.93 bits per heavy atom. The Morgan fingerprint density at radius 1 is 1.36 bits per heavy atom. The van der Waals surface area contributed by atoms with Crippen LogP contribution in [-0.4, -0.2) is 19.9 Å². The van der Waals surface area contributed by atoms with Gasteiger partial charge in [-0.25, -0.2) is 15.0 Å². The monoisotopic (exact) mass is 188 g/mol. The van der Waals surface area contributed by atoms with Crippen molar-refractivity contribution in [3.05, 3.63) is 17.7 Å². The zero-order valence-electron chi connectivity index (χ0n) is 8.12. The molecule has 1 N–H and O–H groups in total. The summed E-state index contributed by atoms with van der Waals surface area (Å²) in [5.74, 6) is 1.68. The van der Waals surface area contributed by atoms with Crippen LogP contribution in [0.1, 0.15) is 36.7 Å². The summed E-state index contributed by atoms with van der Waals surface area (Å²) < 4.78 is 0. The number of aryl methyl sites for hydroxylation is 1. The molecule has 1 aliphatic carbocycles. The number of hydrogen-bond donors (Lipinski definition) is 1. The molecule has 0 spiro atoms. The zero-order valence-corrected chi connectivity index (χ0v) is 8.12. The van der Waals surface area contributed by atoms with E-state index in [2.05, 4.69) is 19.9 Å². The Hall–Kier alpha value is -1.45. The number of nitrogens with zero attached hydrogens (tertiary/aromatic N) is 3. The smallest absolute Gasteiger partial charge is 0.197 e. The Labute approximate surface area is 81.8 Å². The van der Waals surface area contributed by atoms with Crippen molar-refractivity contribution in [3.8, 4) is 0 Å². The van der Waals surface area contributed by atoms with Crippen molar-refractivity contribution in [2.75, 3.05) is 0 Å². The number of rotatable bonds is 1. The van der Waals surface area contributed by atoms with Crippen LogP contribution in [0, 0.1) is 6.92 Å². The maximum atomic E-state index is 4.45. The van der Waals surface area contributed by atoms with Crippen LogP contribution in [0.2, 0.25) is 0 Å². The van der Waals surface area contributed by atoms with Gasteiger partial charge in [-0.3, -0.25) is 0 Å². The zero-order chi connectivity index (χ0) is 9.54. The van der Waals surface area contributed by atoms with E-state index < -0.39 is 0 Å². The number of fused-ring (bicyclic) bond motifs is 1. The van der Waals surface area contributed by atoms with Gasteiger partial charge in [0, 0.05) is 5.92 Å². The highest BCUT2D eigenvalue weighted by molar-refractivity contribution is 5.65. The van der Waals surface area contributed by atoms with E-state index in [0.717, 1.165) is 22.8 Å². The summed E-state index contributed by atoms with van der Waals surface area (Å²) in [5, 5.41) is 0. The quantitative estimate of drug-likeness (QED) is 0.744. The van der Waals surface area contributed by atoms with Crippen molar-refractivity contribution >= 4 is 11.3 Å². The van der Waals surface area contributed by atoms with Gasteiger partial charge in [0.2, 0.25) is 0 Å². The summed E-state index contributed by atoms with van der Waals surface area (Å²) in [6.07, 6.45) is 5.58. The summed E-state index contributed by atoms with van der Waals surface area (Å²) in [4.78, 5) is 16.3. The third kappa shape index (κ3) is 1.10. The minimum absolute atomic E-state index is 0.617. The highest BCUT2D eigenvalue weighted by Crippen LogP contribution is 2.34. The van der Waals surface area contributed by atoms with E-state index in [1.807, 2.05) is 6.92 Å². The summed E-state index contributed by atoms with van der Waals surface area (Å²) in [6.45, 7) is 1.94. The minimum Gasteiger partial charge on any atom is -0.325 e. The van der Waals surface area contributed by atoms with E-state index >= 15 is 0 Å². The van der Waals surface area contributed by atoms with Crippen molar-refractivity contribution in [1.29, 1.82) is 0 Å². The fourth-order valence-electron chi connectivity index (χ4n) is 1.77. The first kappa shape index (κ1) is 7.91. The second kappa shape index (κ2) is 2.77. The second-order valence-electron chi connectivity index (χ2n) is 3.93. The summed E-state index contributed by atoms with van der Waals surface area (Å²) in [7, 11) is 0.